The van der Waals surface area contributed by atoms with Gasteiger partial charge in [-0.15, -0.1) is 13.2 Å². The SMILES string of the molecule is CC1(C)CN(c2ccncc2NC(=O)Nc2ccc(OC(F)(F)F)cc2)C2=CC=CCC21. The van der Waals surface area contributed by atoms with Crippen molar-refractivity contribution in [1.82, 2.24) is 4.98 Å². The van der Waals surface area contributed by atoms with Gasteiger partial charge in [0.2, 0.25) is 0 Å². The maximum atomic E-state index is 12.6. The number of carbonyl (C=O) groups is 1. The molecule has 0 radical (unpaired) electrons. The lowest BCUT2D eigenvalue weighted by Crippen LogP contribution is -2.25. The van der Waals surface area contributed by atoms with E-state index in [9.17, 15) is 18.0 Å². The molecule has 1 aliphatic carbocycles. The molecule has 32 heavy (non-hydrogen) atoms. The van der Waals surface area contributed by atoms with Crippen molar-refractivity contribution in [2.45, 2.75) is 26.6 Å². The van der Waals surface area contributed by atoms with Crippen LogP contribution in [0.3, 0.4) is 0 Å². The van der Waals surface area contributed by atoms with Crippen molar-refractivity contribution in [3.05, 3.63) is 66.7 Å². The molecule has 168 valence electrons. The fraction of sp³-hybridized carbons (Fsp3) is 0.304. The van der Waals surface area contributed by atoms with Gasteiger partial charge in [0.05, 0.1) is 17.6 Å². The van der Waals surface area contributed by atoms with E-state index in [1.807, 2.05) is 12.1 Å². The van der Waals surface area contributed by atoms with Crippen LogP contribution < -0.4 is 20.3 Å². The van der Waals surface area contributed by atoms with E-state index < -0.39 is 12.4 Å². The highest BCUT2D eigenvalue weighted by molar-refractivity contribution is 6.01. The van der Waals surface area contributed by atoms with Gasteiger partial charge in [0.1, 0.15) is 5.75 Å². The summed E-state index contributed by atoms with van der Waals surface area (Å²) in [4.78, 5) is 18.9. The van der Waals surface area contributed by atoms with Crippen LogP contribution in [0.5, 0.6) is 5.75 Å². The van der Waals surface area contributed by atoms with Crippen LogP contribution in [0.25, 0.3) is 0 Å². The van der Waals surface area contributed by atoms with Gasteiger partial charge in [-0.2, -0.15) is 0 Å². The molecule has 0 saturated carbocycles. The summed E-state index contributed by atoms with van der Waals surface area (Å²) in [6.45, 7) is 5.27. The number of allylic oxidation sites excluding steroid dienone is 4. The number of halogens is 3. The largest absolute Gasteiger partial charge is 0.573 e. The number of ether oxygens (including phenoxy) is 1. The van der Waals surface area contributed by atoms with Crippen molar-refractivity contribution in [2.75, 3.05) is 22.1 Å². The minimum Gasteiger partial charge on any atom is -0.406 e. The zero-order valence-corrected chi connectivity index (χ0v) is 17.6. The Labute approximate surface area is 183 Å². The van der Waals surface area contributed by atoms with Crippen molar-refractivity contribution < 1.29 is 22.7 Å². The van der Waals surface area contributed by atoms with E-state index in [1.54, 1.807) is 12.4 Å². The minimum atomic E-state index is -4.77. The number of amides is 2. The Morgan fingerprint density at radius 3 is 2.66 bits per heavy atom. The molecule has 2 aliphatic rings. The van der Waals surface area contributed by atoms with Crippen molar-refractivity contribution in [1.29, 1.82) is 0 Å². The van der Waals surface area contributed by atoms with Crippen molar-refractivity contribution >= 4 is 23.1 Å². The second kappa shape index (κ2) is 8.22. The number of carbonyl (C=O) groups excluding carboxylic acids is 1. The molecule has 1 aromatic heterocycles. The monoisotopic (exact) mass is 444 g/mol. The van der Waals surface area contributed by atoms with E-state index in [4.69, 9.17) is 0 Å². The molecule has 1 atom stereocenters. The van der Waals surface area contributed by atoms with E-state index in [1.165, 1.54) is 17.8 Å². The fourth-order valence-electron chi connectivity index (χ4n) is 4.19. The molecule has 1 saturated heterocycles. The van der Waals surface area contributed by atoms with Gasteiger partial charge >= 0.3 is 12.4 Å². The molecular formula is C23H23F3N4O2. The molecular weight excluding hydrogens is 421 g/mol. The standard InChI is InChI=1S/C23H23F3N4O2/c1-22(2)14-30(19-6-4-3-5-17(19)22)20-11-12-27-13-18(20)29-21(31)28-15-7-9-16(10-8-15)32-23(24,25)26/h3-4,6-13,17H,5,14H2,1-2H3,(H2,28,29,31). The van der Waals surface area contributed by atoms with Gasteiger partial charge in [-0.05, 0) is 48.2 Å². The van der Waals surface area contributed by atoms with Crippen LogP contribution >= 0.6 is 0 Å². The average Bonchev–Trinajstić information content (AvgIpc) is 3.00. The van der Waals surface area contributed by atoms with Gasteiger partial charge in [-0.3, -0.25) is 4.98 Å². The fourth-order valence-corrected chi connectivity index (χ4v) is 4.19. The van der Waals surface area contributed by atoms with Crippen LogP contribution in [-0.4, -0.2) is 23.9 Å². The molecule has 0 bridgehead atoms. The van der Waals surface area contributed by atoms with E-state index in [2.05, 4.69) is 51.3 Å². The lowest BCUT2D eigenvalue weighted by Gasteiger charge is -2.26. The van der Waals surface area contributed by atoms with Crippen LogP contribution in [0.15, 0.2) is 66.7 Å². The summed E-state index contributed by atoms with van der Waals surface area (Å²) in [6.07, 6.45) is 5.79. The summed E-state index contributed by atoms with van der Waals surface area (Å²) in [5.74, 6) is 0.0267. The molecule has 2 amide bonds. The van der Waals surface area contributed by atoms with Gasteiger partial charge in [0.15, 0.2) is 0 Å². The highest BCUT2D eigenvalue weighted by Crippen LogP contribution is 2.48. The third-order valence-corrected chi connectivity index (χ3v) is 5.64. The highest BCUT2D eigenvalue weighted by atomic mass is 19.4. The topological polar surface area (TPSA) is 66.5 Å². The van der Waals surface area contributed by atoms with Gasteiger partial charge in [0, 0.05) is 30.0 Å². The Bertz CT molecular complexity index is 1060. The zero-order chi connectivity index (χ0) is 22.9. The molecule has 1 aliphatic heterocycles. The summed E-state index contributed by atoms with van der Waals surface area (Å²) in [5, 5.41) is 5.41. The first-order valence-electron chi connectivity index (χ1n) is 10.1. The Hall–Kier alpha value is -3.49. The minimum absolute atomic E-state index is 0.0691. The van der Waals surface area contributed by atoms with Crippen molar-refractivity contribution in [2.24, 2.45) is 11.3 Å². The molecule has 6 nitrogen and oxygen atoms in total. The number of nitrogens with one attached hydrogen (secondary N) is 2. The van der Waals surface area contributed by atoms with Gasteiger partial charge in [-0.1, -0.05) is 26.0 Å². The first-order chi connectivity index (χ1) is 15.1. The second-order valence-electron chi connectivity index (χ2n) is 8.43. The third-order valence-electron chi connectivity index (χ3n) is 5.64. The molecule has 2 heterocycles. The number of nitrogens with zero attached hydrogens (tertiary/aromatic N) is 2. The number of urea groups is 1. The number of aromatic nitrogens is 1. The quantitative estimate of drug-likeness (QED) is 0.613. The predicted molar refractivity (Wildman–Crippen MR) is 116 cm³/mol. The number of hydrogen-bond acceptors (Lipinski definition) is 4. The Balaban J connectivity index is 1.49. The van der Waals surface area contributed by atoms with E-state index in [0.29, 0.717) is 17.3 Å². The number of rotatable bonds is 4. The summed E-state index contributed by atoms with van der Waals surface area (Å²) < 4.78 is 40.7. The van der Waals surface area contributed by atoms with Gasteiger partial charge in [-0.25, -0.2) is 4.79 Å². The molecule has 1 fully saturated rings. The van der Waals surface area contributed by atoms with Crippen molar-refractivity contribution in [3.8, 4) is 5.75 Å². The first kappa shape index (κ1) is 21.7. The van der Waals surface area contributed by atoms with Crippen LogP contribution in [0, 0.1) is 11.3 Å². The molecule has 4 rings (SSSR count). The molecule has 1 unspecified atom stereocenters. The van der Waals surface area contributed by atoms with Crippen molar-refractivity contribution in [3.63, 3.8) is 0 Å². The lowest BCUT2D eigenvalue weighted by atomic mass is 9.77. The second-order valence-corrected chi connectivity index (χ2v) is 8.43. The third kappa shape index (κ3) is 4.71. The number of benzene rings is 1. The predicted octanol–water partition coefficient (Wildman–Crippen LogP) is 5.93. The van der Waals surface area contributed by atoms with E-state index in [-0.39, 0.29) is 11.2 Å². The number of fused-ring (bicyclic) bond motifs is 1. The number of hydrogen-bond donors (Lipinski definition) is 2. The van der Waals surface area contributed by atoms with Crippen LogP contribution in [0.1, 0.15) is 20.3 Å². The zero-order valence-electron chi connectivity index (χ0n) is 17.6. The van der Waals surface area contributed by atoms with Crippen LogP contribution in [0.2, 0.25) is 0 Å². The average molecular weight is 444 g/mol. The summed E-state index contributed by atoms with van der Waals surface area (Å²) in [5.41, 5.74) is 2.96. The molecule has 2 N–H and O–H groups in total. The van der Waals surface area contributed by atoms with Gasteiger partial charge < -0.3 is 20.3 Å². The van der Waals surface area contributed by atoms with E-state index in [0.717, 1.165) is 30.8 Å². The number of anilines is 3. The molecule has 1 aromatic carbocycles. The number of pyridine rings is 1. The van der Waals surface area contributed by atoms with Crippen LogP contribution in [-0.2, 0) is 0 Å². The van der Waals surface area contributed by atoms with E-state index >= 15 is 0 Å². The lowest BCUT2D eigenvalue weighted by molar-refractivity contribution is -0.274. The normalized spacial score (nSPS) is 19.2. The maximum Gasteiger partial charge on any atom is 0.573 e. The molecule has 0 spiro atoms. The summed E-state index contributed by atoms with van der Waals surface area (Å²) in [6, 6.07) is 6.25. The van der Waals surface area contributed by atoms with Gasteiger partial charge in [0.25, 0.3) is 0 Å². The summed E-state index contributed by atoms with van der Waals surface area (Å²) in [7, 11) is 0. The maximum absolute atomic E-state index is 12.6. The molecule has 9 heteroatoms. The Kier molecular flexibility index (Phi) is 5.58. The summed E-state index contributed by atoms with van der Waals surface area (Å²) >= 11 is 0. The highest BCUT2D eigenvalue weighted by Gasteiger charge is 2.43. The molecule has 2 aromatic rings. The Morgan fingerprint density at radius 1 is 1.19 bits per heavy atom. The smallest absolute Gasteiger partial charge is 0.406 e. The number of alkyl halides is 3. The van der Waals surface area contributed by atoms with Crippen LogP contribution in [0.4, 0.5) is 35.0 Å². The Morgan fingerprint density at radius 2 is 1.94 bits per heavy atom. The first-order valence-corrected chi connectivity index (χ1v) is 10.1.